The molecule has 0 radical (unpaired) electrons. The molecule has 0 aromatic rings. The molecule has 9 heteroatoms. The van der Waals surface area contributed by atoms with Crippen LogP contribution in [0, 0.1) is 5.92 Å². The highest BCUT2D eigenvalue weighted by molar-refractivity contribution is 5.91. The Morgan fingerprint density at radius 1 is 1.08 bits per heavy atom. The maximum atomic E-state index is 11.8. The highest BCUT2D eigenvalue weighted by atomic mass is 16.6. The predicted molar refractivity (Wildman–Crippen MR) is 85.8 cm³/mol. The van der Waals surface area contributed by atoms with Gasteiger partial charge in [-0.15, -0.1) is 0 Å². The molecule has 0 aliphatic carbocycles. The molecule has 0 spiro atoms. The summed E-state index contributed by atoms with van der Waals surface area (Å²) in [5.74, 6) is -2.02. The monoisotopic (exact) mass is 370 g/mol. The summed E-state index contributed by atoms with van der Waals surface area (Å²) in [6.07, 6.45) is 0.689. The van der Waals surface area contributed by atoms with E-state index in [1.165, 1.54) is 0 Å². The van der Waals surface area contributed by atoms with Crippen molar-refractivity contribution >= 4 is 17.9 Å². The molecule has 5 unspecified atom stereocenters. The number of carbonyl (C=O) groups is 3. The molecule has 5 atom stereocenters. The van der Waals surface area contributed by atoms with E-state index in [4.69, 9.17) is 18.9 Å². The third-order valence-electron chi connectivity index (χ3n) is 3.88. The number of fused-ring (bicyclic) bond motifs is 1. The molecule has 2 heterocycles. The molecule has 2 aliphatic rings. The van der Waals surface area contributed by atoms with Gasteiger partial charge in [0.1, 0.15) is 25.4 Å². The lowest BCUT2D eigenvalue weighted by Gasteiger charge is -2.15. The van der Waals surface area contributed by atoms with Crippen LogP contribution in [-0.2, 0) is 38.1 Å². The van der Waals surface area contributed by atoms with Crippen molar-refractivity contribution in [2.24, 2.45) is 5.92 Å². The zero-order valence-electron chi connectivity index (χ0n) is 14.4. The molecule has 26 heavy (non-hydrogen) atoms. The van der Waals surface area contributed by atoms with Crippen LogP contribution in [0.1, 0.15) is 6.92 Å². The first kappa shape index (κ1) is 20.1. The normalized spacial score (nSPS) is 28.4. The van der Waals surface area contributed by atoms with Gasteiger partial charge in [-0.05, 0) is 0 Å². The van der Waals surface area contributed by atoms with E-state index in [1.807, 2.05) is 6.92 Å². The highest BCUT2D eigenvalue weighted by Gasteiger charge is 2.47. The number of aliphatic hydroxyl groups is 1. The number of ether oxygens (including phenoxy) is 5. The Kier molecular flexibility index (Phi) is 7.31. The van der Waals surface area contributed by atoms with Crippen molar-refractivity contribution in [1.29, 1.82) is 0 Å². The molecule has 9 nitrogen and oxygen atoms in total. The topological polar surface area (TPSA) is 118 Å². The Balaban J connectivity index is 1.66. The lowest BCUT2D eigenvalue weighted by atomic mass is 10.0. The van der Waals surface area contributed by atoms with E-state index >= 15 is 0 Å². The number of esters is 3. The molecule has 144 valence electrons. The number of aliphatic hydroxyl groups excluding tert-OH is 1. The largest absolute Gasteiger partial charge is 0.460 e. The van der Waals surface area contributed by atoms with Gasteiger partial charge in [-0.1, -0.05) is 13.5 Å². The second kappa shape index (κ2) is 9.46. The summed E-state index contributed by atoms with van der Waals surface area (Å²) in [4.78, 5) is 34.1. The smallest absolute Gasteiger partial charge is 0.331 e. The second-order valence-electron chi connectivity index (χ2n) is 6.00. The number of carbonyl (C=O) groups excluding carboxylic acids is 3. The SMILES string of the molecule is C=CC(=O)OCC(O)COC(=O)/C=C\C(=O)OC1COC2C(C)COC12. The fourth-order valence-electron chi connectivity index (χ4n) is 2.59. The molecule has 2 fully saturated rings. The minimum atomic E-state index is -1.18. The van der Waals surface area contributed by atoms with Gasteiger partial charge >= 0.3 is 17.9 Å². The zero-order chi connectivity index (χ0) is 19.1. The van der Waals surface area contributed by atoms with E-state index < -0.39 is 36.7 Å². The average Bonchev–Trinajstić information content (AvgIpc) is 3.19. The number of hydrogen-bond acceptors (Lipinski definition) is 9. The minimum absolute atomic E-state index is 0.0848. The van der Waals surface area contributed by atoms with Crippen molar-refractivity contribution in [3.05, 3.63) is 24.8 Å². The van der Waals surface area contributed by atoms with Crippen LogP contribution in [0.15, 0.2) is 24.8 Å². The molecular formula is C17H22O9. The van der Waals surface area contributed by atoms with E-state index in [0.717, 1.165) is 18.2 Å². The third-order valence-corrected chi connectivity index (χ3v) is 3.88. The first-order valence-electron chi connectivity index (χ1n) is 8.16. The summed E-state index contributed by atoms with van der Waals surface area (Å²) >= 11 is 0. The molecule has 0 aromatic carbocycles. The molecular weight excluding hydrogens is 348 g/mol. The summed E-state index contributed by atoms with van der Waals surface area (Å²) in [5.41, 5.74) is 0. The Morgan fingerprint density at radius 3 is 2.38 bits per heavy atom. The van der Waals surface area contributed by atoms with Gasteiger partial charge in [0, 0.05) is 24.1 Å². The van der Waals surface area contributed by atoms with Crippen LogP contribution < -0.4 is 0 Å². The standard InChI is InChI=1S/C17H22O9/c1-3-13(19)22-7-11(18)8-23-14(20)4-5-15(21)26-12-9-25-16-10(2)6-24-17(12)16/h3-5,10-12,16-18H,1,6-9H2,2H3/b5-4-. The van der Waals surface area contributed by atoms with Crippen molar-refractivity contribution in [1.82, 2.24) is 0 Å². The van der Waals surface area contributed by atoms with Crippen LogP contribution in [0.5, 0.6) is 0 Å². The van der Waals surface area contributed by atoms with Gasteiger partial charge in [-0.25, -0.2) is 14.4 Å². The van der Waals surface area contributed by atoms with Gasteiger partial charge in [-0.2, -0.15) is 0 Å². The second-order valence-corrected chi connectivity index (χ2v) is 6.00. The van der Waals surface area contributed by atoms with Crippen LogP contribution in [0.2, 0.25) is 0 Å². The molecule has 0 amide bonds. The maximum absolute atomic E-state index is 11.8. The van der Waals surface area contributed by atoms with Crippen LogP contribution >= 0.6 is 0 Å². The fourth-order valence-corrected chi connectivity index (χ4v) is 2.59. The van der Waals surface area contributed by atoms with E-state index in [0.29, 0.717) is 6.61 Å². The number of rotatable bonds is 8. The van der Waals surface area contributed by atoms with E-state index in [-0.39, 0.29) is 31.3 Å². The molecule has 0 saturated carbocycles. The van der Waals surface area contributed by atoms with E-state index in [1.54, 1.807) is 0 Å². The quantitative estimate of drug-likeness (QED) is 0.343. The van der Waals surface area contributed by atoms with E-state index in [2.05, 4.69) is 11.3 Å². The van der Waals surface area contributed by atoms with Crippen LogP contribution in [0.3, 0.4) is 0 Å². The fraction of sp³-hybridized carbons (Fsp3) is 0.588. The van der Waals surface area contributed by atoms with Gasteiger partial charge in [0.25, 0.3) is 0 Å². The minimum Gasteiger partial charge on any atom is -0.460 e. The summed E-state index contributed by atoms with van der Waals surface area (Å²) in [6.45, 7) is 5.26. The molecule has 2 rings (SSSR count). The van der Waals surface area contributed by atoms with Crippen molar-refractivity contribution in [2.75, 3.05) is 26.4 Å². The van der Waals surface area contributed by atoms with Crippen LogP contribution in [0.4, 0.5) is 0 Å². The van der Waals surface area contributed by atoms with Gasteiger partial charge in [0.2, 0.25) is 0 Å². The molecule has 0 aromatic heterocycles. The highest BCUT2D eigenvalue weighted by Crippen LogP contribution is 2.32. The van der Waals surface area contributed by atoms with Crippen LogP contribution in [-0.4, -0.2) is 73.9 Å². The summed E-state index contributed by atoms with van der Waals surface area (Å²) in [6, 6.07) is 0. The maximum Gasteiger partial charge on any atom is 0.331 e. The molecule has 2 aliphatic heterocycles. The lowest BCUT2D eigenvalue weighted by Crippen LogP contribution is -2.32. The molecule has 2 saturated heterocycles. The Labute approximate surface area is 150 Å². The first-order valence-corrected chi connectivity index (χ1v) is 8.16. The summed E-state index contributed by atoms with van der Waals surface area (Å²) < 4.78 is 25.6. The first-order chi connectivity index (χ1) is 12.4. The van der Waals surface area contributed by atoms with Crippen molar-refractivity contribution in [3.63, 3.8) is 0 Å². The van der Waals surface area contributed by atoms with Crippen LogP contribution in [0.25, 0.3) is 0 Å². The average molecular weight is 370 g/mol. The van der Waals surface area contributed by atoms with E-state index in [9.17, 15) is 19.5 Å². The lowest BCUT2D eigenvalue weighted by molar-refractivity contribution is -0.149. The Morgan fingerprint density at radius 2 is 1.69 bits per heavy atom. The molecule has 1 N–H and O–H groups in total. The number of hydrogen-bond donors (Lipinski definition) is 1. The zero-order valence-corrected chi connectivity index (χ0v) is 14.4. The van der Waals surface area contributed by atoms with Crippen molar-refractivity contribution in [3.8, 4) is 0 Å². The van der Waals surface area contributed by atoms with Gasteiger partial charge in [0.15, 0.2) is 6.10 Å². The molecule has 0 bridgehead atoms. The van der Waals surface area contributed by atoms with Gasteiger partial charge in [-0.3, -0.25) is 0 Å². The van der Waals surface area contributed by atoms with Crippen molar-refractivity contribution < 1.29 is 43.2 Å². The summed E-state index contributed by atoms with van der Waals surface area (Å²) in [7, 11) is 0. The third kappa shape index (κ3) is 5.65. The summed E-state index contributed by atoms with van der Waals surface area (Å²) in [5, 5.41) is 9.49. The van der Waals surface area contributed by atoms with Gasteiger partial charge < -0.3 is 28.8 Å². The Bertz CT molecular complexity index is 571. The predicted octanol–water partition coefficient (Wildman–Crippen LogP) is -0.479. The Hall–Kier alpha value is -2.23. The van der Waals surface area contributed by atoms with Crippen molar-refractivity contribution in [2.45, 2.75) is 31.3 Å². The van der Waals surface area contributed by atoms with Gasteiger partial charge in [0.05, 0.1) is 19.3 Å².